The first kappa shape index (κ1) is 16.9. The SMILES string of the molecule is Clc1ccccc1NCc1cccc(OCc2ccc(Br)cc2)c1. The standard InChI is InChI=1S/C20H17BrClNO/c21-17-10-8-15(9-11-17)14-24-18-5-3-4-16(12-18)13-23-20-7-2-1-6-19(20)22/h1-12,23H,13-14H2. The molecule has 3 aromatic carbocycles. The van der Waals surface area contributed by atoms with Gasteiger partial charge in [0.15, 0.2) is 0 Å². The third-order valence-electron chi connectivity index (χ3n) is 3.57. The van der Waals surface area contributed by atoms with E-state index >= 15 is 0 Å². The Balaban J connectivity index is 1.59. The minimum absolute atomic E-state index is 0.550. The summed E-state index contributed by atoms with van der Waals surface area (Å²) in [5.41, 5.74) is 3.21. The van der Waals surface area contributed by atoms with E-state index in [1.165, 1.54) is 0 Å². The van der Waals surface area contributed by atoms with Crippen molar-refractivity contribution in [3.63, 3.8) is 0 Å². The van der Waals surface area contributed by atoms with Gasteiger partial charge in [0, 0.05) is 11.0 Å². The van der Waals surface area contributed by atoms with Gasteiger partial charge in [-0.25, -0.2) is 0 Å². The van der Waals surface area contributed by atoms with E-state index in [4.69, 9.17) is 16.3 Å². The van der Waals surface area contributed by atoms with Gasteiger partial charge in [-0.2, -0.15) is 0 Å². The number of hydrogen-bond acceptors (Lipinski definition) is 2. The number of nitrogens with one attached hydrogen (secondary N) is 1. The summed E-state index contributed by atoms with van der Waals surface area (Å²) in [5.74, 6) is 0.858. The molecule has 0 aliphatic heterocycles. The number of rotatable bonds is 6. The Morgan fingerprint density at radius 1 is 0.875 bits per heavy atom. The van der Waals surface area contributed by atoms with Crippen LogP contribution in [0.5, 0.6) is 5.75 Å². The van der Waals surface area contributed by atoms with Crippen molar-refractivity contribution in [2.45, 2.75) is 13.2 Å². The average molecular weight is 403 g/mol. The molecule has 0 radical (unpaired) electrons. The van der Waals surface area contributed by atoms with Gasteiger partial charge in [-0.3, -0.25) is 0 Å². The van der Waals surface area contributed by atoms with Crippen molar-refractivity contribution < 1.29 is 4.74 Å². The van der Waals surface area contributed by atoms with E-state index in [0.29, 0.717) is 13.2 Å². The topological polar surface area (TPSA) is 21.3 Å². The number of anilines is 1. The number of para-hydroxylation sites is 1. The van der Waals surface area contributed by atoms with Gasteiger partial charge >= 0.3 is 0 Å². The largest absolute Gasteiger partial charge is 0.489 e. The molecular formula is C20H17BrClNO. The Morgan fingerprint density at radius 2 is 1.67 bits per heavy atom. The van der Waals surface area contributed by atoms with Crippen LogP contribution in [0.25, 0.3) is 0 Å². The molecule has 2 nitrogen and oxygen atoms in total. The van der Waals surface area contributed by atoms with E-state index in [1.54, 1.807) is 0 Å². The van der Waals surface area contributed by atoms with Crippen molar-refractivity contribution in [1.82, 2.24) is 0 Å². The third-order valence-corrected chi connectivity index (χ3v) is 4.43. The summed E-state index contributed by atoms with van der Waals surface area (Å²) in [6.07, 6.45) is 0. The fourth-order valence-corrected chi connectivity index (χ4v) is 2.76. The Bertz CT molecular complexity index is 805. The van der Waals surface area contributed by atoms with Crippen LogP contribution in [0.1, 0.15) is 11.1 Å². The van der Waals surface area contributed by atoms with Crippen molar-refractivity contribution in [1.29, 1.82) is 0 Å². The molecule has 0 fully saturated rings. The highest BCUT2D eigenvalue weighted by Crippen LogP contribution is 2.22. The number of benzene rings is 3. The van der Waals surface area contributed by atoms with E-state index in [9.17, 15) is 0 Å². The van der Waals surface area contributed by atoms with Crippen molar-refractivity contribution in [3.8, 4) is 5.75 Å². The summed E-state index contributed by atoms with van der Waals surface area (Å²) in [4.78, 5) is 0. The smallest absolute Gasteiger partial charge is 0.120 e. The lowest BCUT2D eigenvalue weighted by Gasteiger charge is -2.11. The molecule has 0 aliphatic carbocycles. The molecule has 0 saturated heterocycles. The van der Waals surface area contributed by atoms with E-state index in [0.717, 1.165) is 32.1 Å². The van der Waals surface area contributed by atoms with Gasteiger partial charge in [-0.15, -0.1) is 0 Å². The Kier molecular flexibility index (Phi) is 5.78. The first-order valence-corrected chi connectivity index (χ1v) is 8.82. The predicted octanol–water partition coefficient (Wildman–Crippen LogP) is 6.29. The zero-order chi connectivity index (χ0) is 16.8. The molecule has 0 spiro atoms. The van der Waals surface area contributed by atoms with Crippen LogP contribution < -0.4 is 10.1 Å². The lowest BCUT2D eigenvalue weighted by Crippen LogP contribution is -2.01. The zero-order valence-corrected chi connectivity index (χ0v) is 15.3. The van der Waals surface area contributed by atoms with Crippen LogP contribution in [0.2, 0.25) is 5.02 Å². The summed E-state index contributed by atoms with van der Waals surface area (Å²) >= 11 is 9.60. The lowest BCUT2D eigenvalue weighted by atomic mass is 10.2. The van der Waals surface area contributed by atoms with Crippen LogP contribution >= 0.6 is 27.5 Å². The molecule has 4 heteroatoms. The molecule has 1 N–H and O–H groups in total. The zero-order valence-electron chi connectivity index (χ0n) is 13.0. The van der Waals surface area contributed by atoms with Gasteiger partial charge in [-0.05, 0) is 47.5 Å². The average Bonchev–Trinajstić information content (AvgIpc) is 2.61. The highest BCUT2D eigenvalue weighted by Gasteiger charge is 2.01. The second-order valence-corrected chi connectivity index (χ2v) is 6.72. The second kappa shape index (κ2) is 8.22. The number of hydrogen-bond donors (Lipinski definition) is 1. The molecule has 0 aromatic heterocycles. The minimum Gasteiger partial charge on any atom is -0.489 e. The molecule has 3 rings (SSSR count). The Labute approximate surface area is 155 Å². The van der Waals surface area contributed by atoms with Crippen molar-refractivity contribution in [2.75, 3.05) is 5.32 Å². The van der Waals surface area contributed by atoms with E-state index in [1.807, 2.05) is 66.7 Å². The van der Waals surface area contributed by atoms with Crippen LogP contribution in [0.3, 0.4) is 0 Å². The number of halogens is 2. The van der Waals surface area contributed by atoms with Gasteiger partial charge in [-0.1, -0.05) is 63.9 Å². The van der Waals surface area contributed by atoms with Gasteiger partial charge in [0.1, 0.15) is 12.4 Å². The second-order valence-electron chi connectivity index (χ2n) is 5.40. The molecule has 0 amide bonds. The lowest BCUT2D eigenvalue weighted by molar-refractivity contribution is 0.306. The molecular weight excluding hydrogens is 386 g/mol. The highest BCUT2D eigenvalue weighted by molar-refractivity contribution is 9.10. The van der Waals surface area contributed by atoms with E-state index in [2.05, 4.69) is 27.3 Å². The maximum absolute atomic E-state index is 6.16. The van der Waals surface area contributed by atoms with Gasteiger partial charge in [0.25, 0.3) is 0 Å². The fourth-order valence-electron chi connectivity index (χ4n) is 2.29. The summed E-state index contributed by atoms with van der Waals surface area (Å²) in [5, 5.41) is 4.07. The molecule has 24 heavy (non-hydrogen) atoms. The summed E-state index contributed by atoms with van der Waals surface area (Å²) in [7, 11) is 0. The molecule has 0 bridgehead atoms. The minimum atomic E-state index is 0.550. The van der Waals surface area contributed by atoms with E-state index < -0.39 is 0 Å². The Hall–Kier alpha value is -1.97. The van der Waals surface area contributed by atoms with Crippen molar-refractivity contribution >= 4 is 33.2 Å². The van der Waals surface area contributed by atoms with Crippen LogP contribution in [0.4, 0.5) is 5.69 Å². The van der Waals surface area contributed by atoms with Gasteiger partial charge < -0.3 is 10.1 Å². The molecule has 0 aliphatic rings. The molecule has 0 heterocycles. The third kappa shape index (κ3) is 4.76. The van der Waals surface area contributed by atoms with Crippen LogP contribution in [0.15, 0.2) is 77.3 Å². The quantitative estimate of drug-likeness (QED) is 0.523. The number of ether oxygens (including phenoxy) is 1. The van der Waals surface area contributed by atoms with E-state index in [-0.39, 0.29) is 0 Å². The summed E-state index contributed by atoms with van der Waals surface area (Å²) in [6, 6.07) is 23.9. The fraction of sp³-hybridized carbons (Fsp3) is 0.100. The summed E-state index contributed by atoms with van der Waals surface area (Å²) in [6.45, 7) is 1.24. The molecule has 0 saturated carbocycles. The normalized spacial score (nSPS) is 10.4. The monoisotopic (exact) mass is 401 g/mol. The Morgan fingerprint density at radius 3 is 2.46 bits per heavy atom. The van der Waals surface area contributed by atoms with Gasteiger partial charge in [0.2, 0.25) is 0 Å². The molecule has 0 unspecified atom stereocenters. The maximum Gasteiger partial charge on any atom is 0.120 e. The van der Waals surface area contributed by atoms with Crippen LogP contribution in [-0.2, 0) is 13.2 Å². The predicted molar refractivity (Wildman–Crippen MR) is 104 cm³/mol. The van der Waals surface area contributed by atoms with Crippen molar-refractivity contribution in [3.05, 3.63) is 93.4 Å². The highest BCUT2D eigenvalue weighted by atomic mass is 79.9. The molecule has 3 aromatic rings. The van der Waals surface area contributed by atoms with Crippen LogP contribution in [-0.4, -0.2) is 0 Å². The molecule has 0 atom stereocenters. The van der Waals surface area contributed by atoms with Crippen LogP contribution in [0, 0.1) is 0 Å². The maximum atomic E-state index is 6.16. The van der Waals surface area contributed by atoms with Gasteiger partial charge in [0.05, 0.1) is 10.7 Å². The first-order chi connectivity index (χ1) is 11.7. The van der Waals surface area contributed by atoms with Crippen molar-refractivity contribution in [2.24, 2.45) is 0 Å². The first-order valence-electron chi connectivity index (χ1n) is 7.65. The summed E-state index contributed by atoms with van der Waals surface area (Å²) < 4.78 is 6.95. The molecule has 122 valence electrons.